The maximum Gasteiger partial charge on any atom is 0.152 e. The summed E-state index contributed by atoms with van der Waals surface area (Å²) in [4.78, 5) is 0. The molecule has 1 saturated heterocycles. The quantitative estimate of drug-likeness (QED) is 0.795. The summed E-state index contributed by atoms with van der Waals surface area (Å²) in [5.41, 5.74) is 1.07. The summed E-state index contributed by atoms with van der Waals surface area (Å²) in [5.74, 6) is 2.12. The van der Waals surface area contributed by atoms with E-state index in [1.54, 1.807) is 0 Å². The van der Waals surface area contributed by atoms with E-state index in [0.717, 1.165) is 43.2 Å². The number of rotatable bonds is 5. The van der Waals surface area contributed by atoms with Crippen molar-refractivity contribution < 1.29 is 4.74 Å². The van der Waals surface area contributed by atoms with Crippen LogP contribution < -0.4 is 0 Å². The van der Waals surface area contributed by atoms with E-state index >= 15 is 0 Å². The minimum absolute atomic E-state index is 0.363. The summed E-state index contributed by atoms with van der Waals surface area (Å²) in [7, 11) is 0. The SMILES string of the molecule is ClCc1nnc(CCC2CCCO2)n1-c1ccccc1. The molecule has 1 atom stereocenters. The Morgan fingerprint density at radius 1 is 1.20 bits per heavy atom. The van der Waals surface area contributed by atoms with Crippen molar-refractivity contribution in [2.24, 2.45) is 0 Å². The number of hydrogen-bond acceptors (Lipinski definition) is 3. The molecule has 1 fully saturated rings. The van der Waals surface area contributed by atoms with Crippen LogP contribution in [0.5, 0.6) is 0 Å². The molecule has 1 aromatic heterocycles. The first-order chi connectivity index (χ1) is 9.88. The lowest BCUT2D eigenvalue weighted by atomic mass is 10.1. The molecule has 0 radical (unpaired) electrons. The van der Waals surface area contributed by atoms with Gasteiger partial charge in [-0.1, -0.05) is 18.2 Å². The second-order valence-corrected chi connectivity index (χ2v) is 5.28. The molecule has 0 aliphatic carbocycles. The zero-order valence-corrected chi connectivity index (χ0v) is 12.1. The second kappa shape index (κ2) is 6.37. The van der Waals surface area contributed by atoms with E-state index in [4.69, 9.17) is 16.3 Å². The van der Waals surface area contributed by atoms with Gasteiger partial charge in [0.2, 0.25) is 0 Å². The van der Waals surface area contributed by atoms with Crippen molar-refractivity contribution in [3.05, 3.63) is 42.0 Å². The average molecular weight is 292 g/mol. The molecule has 1 aromatic carbocycles. The van der Waals surface area contributed by atoms with Crippen LogP contribution in [0.15, 0.2) is 30.3 Å². The predicted molar refractivity (Wildman–Crippen MR) is 78.2 cm³/mol. The van der Waals surface area contributed by atoms with Gasteiger partial charge < -0.3 is 4.74 Å². The Bertz CT molecular complexity index is 550. The lowest BCUT2D eigenvalue weighted by Crippen LogP contribution is -2.10. The fourth-order valence-corrected chi connectivity index (χ4v) is 2.81. The van der Waals surface area contributed by atoms with Crippen LogP contribution >= 0.6 is 11.6 Å². The van der Waals surface area contributed by atoms with Gasteiger partial charge in [0.15, 0.2) is 5.82 Å². The molecule has 0 spiro atoms. The first kappa shape index (κ1) is 13.6. The van der Waals surface area contributed by atoms with Gasteiger partial charge in [-0.25, -0.2) is 0 Å². The molecule has 0 saturated carbocycles. The van der Waals surface area contributed by atoms with Crippen LogP contribution in [-0.4, -0.2) is 27.5 Å². The topological polar surface area (TPSA) is 39.9 Å². The Kier molecular flexibility index (Phi) is 4.33. The number of aromatic nitrogens is 3. The lowest BCUT2D eigenvalue weighted by Gasteiger charge is -2.11. The largest absolute Gasteiger partial charge is 0.378 e. The van der Waals surface area contributed by atoms with Gasteiger partial charge >= 0.3 is 0 Å². The molecule has 5 heteroatoms. The fraction of sp³-hybridized carbons (Fsp3) is 0.467. The van der Waals surface area contributed by atoms with E-state index in [1.807, 2.05) is 18.2 Å². The van der Waals surface area contributed by atoms with Gasteiger partial charge in [0, 0.05) is 18.7 Å². The smallest absolute Gasteiger partial charge is 0.152 e. The summed E-state index contributed by atoms with van der Waals surface area (Å²) >= 11 is 5.97. The van der Waals surface area contributed by atoms with Crippen LogP contribution in [-0.2, 0) is 17.0 Å². The molecule has 0 bridgehead atoms. The molecule has 4 nitrogen and oxygen atoms in total. The van der Waals surface area contributed by atoms with Gasteiger partial charge in [-0.15, -0.1) is 21.8 Å². The molecule has 2 heterocycles. The first-order valence-corrected chi connectivity index (χ1v) is 7.58. The number of nitrogens with zero attached hydrogens (tertiary/aromatic N) is 3. The molecule has 1 aliphatic rings. The standard InChI is InChI=1S/C15H18ClN3O/c16-11-15-18-17-14(9-8-13-7-4-10-20-13)19(15)12-5-2-1-3-6-12/h1-3,5-6,13H,4,7-11H2. The second-order valence-electron chi connectivity index (χ2n) is 5.01. The molecular weight excluding hydrogens is 274 g/mol. The highest BCUT2D eigenvalue weighted by Crippen LogP contribution is 2.20. The molecular formula is C15H18ClN3O. The van der Waals surface area contributed by atoms with Gasteiger partial charge in [-0.2, -0.15) is 0 Å². The van der Waals surface area contributed by atoms with Gasteiger partial charge in [0.1, 0.15) is 5.82 Å². The summed E-state index contributed by atoms with van der Waals surface area (Å²) in [6.45, 7) is 0.892. The number of benzene rings is 1. The summed E-state index contributed by atoms with van der Waals surface area (Å²) < 4.78 is 7.73. The predicted octanol–water partition coefficient (Wildman–Crippen LogP) is 3.12. The van der Waals surface area contributed by atoms with Crippen molar-refractivity contribution >= 4 is 11.6 Å². The minimum atomic E-state index is 0.363. The Hall–Kier alpha value is -1.39. The highest BCUT2D eigenvalue weighted by atomic mass is 35.5. The Balaban J connectivity index is 1.81. The fourth-order valence-electron chi connectivity index (χ4n) is 2.64. The Labute approximate surface area is 123 Å². The zero-order chi connectivity index (χ0) is 13.8. The molecule has 1 aliphatic heterocycles. The monoisotopic (exact) mass is 291 g/mol. The molecule has 0 amide bonds. The number of halogens is 1. The van der Waals surface area contributed by atoms with Crippen LogP contribution in [0.1, 0.15) is 30.9 Å². The molecule has 0 N–H and O–H groups in total. The third-order valence-electron chi connectivity index (χ3n) is 3.64. The van der Waals surface area contributed by atoms with E-state index in [1.165, 1.54) is 6.42 Å². The highest BCUT2D eigenvalue weighted by molar-refractivity contribution is 6.16. The maximum atomic E-state index is 5.97. The summed E-state index contributed by atoms with van der Waals surface area (Å²) in [5, 5.41) is 8.49. The van der Waals surface area contributed by atoms with E-state index in [-0.39, 0.29) is 0 Å². The Morgan fingerprint density at radius 2 is 2.00 bits per heavy atom. The van der Waals surface area contributed by atoms with Crippen molar-refractivity contribution in [3.63, 3.8) is 0 Å². The summed E-state index contributed by atoms with van der Waals surface area (Å²) in [6, 6.07) is 10.1. The van der Waals surface area contributed by atoms with E-state index in [0.29, 0.717) is 12.0 Å². The zero-order valence-electron chi connectivity index (χ0n) is 11.3. The third kappa shape index (κ3) is 2.86. The van der Waals surface area contributed by atoms with Crippen molar-refractivity contribution in [3.8, 4) is 5.69 Å². The molecule has 106 valence electrons. The van der Waals surface area contributed by atoms with Crippen LogP contribution in [0.4, 0.5) is 0 Å². The molecule has 20 heavy (non-hydrogen) atoms. The molecule has 3 rings (SSSR count). The van der Waals surface area contributed by atoms with Gasteiger partial charge in [-0.05, 0) is 31.4 Å². The van der Waals surface area contributed by atoms with Crippen LogP contribution in [0.25, 0.3) is 5.69 Å². The van der Waals surface area contributed by atoms with Crippen LogP contribution in [0, 0.1) is 0 Å². The van der Waals surface area contributed by atoms with Crippen molar-refractivity contribution in [2.45, 2.75) is 37.7 Å². The van der Waals surface area contributed by atoms with Crippen LogP contribution in [0.3, 0.4) is 0 Å². The lowest BCUT2D eigenvalue weighted by molar-refractivity contribution is 0.104. The number of para-hydroxylation sites is 1. The van der Waals surface area contributed by atoms with E-state index in [9.17, 15) is 0 Å². The van der Waals surface area contributed by atoms with Crippen molar-refractivity contribution in [2.75, 3.05) is 6.61 Å². The number of alkyl halides is 1. The number of aryl methyl sites for hydroxylation is 1. The maximum absolute atomic E-state index is 5.97. The van der Waals surface area contributed by atoms with E-state index < -0.39 is 0 Å². The molecule has 1 unspecified atom stereocenters. The number of ether oxygens (including phenoxy) is 1. The Morgan fingerprint density at radius 3 is 2.70 bits per heavy atom. The normalized spacial score (nSPS) is 18.6. The van der Waals surface area contributed by atoms with Gasteiger partial charge in [-0.3, -0.25) is 4.57 Å². The van der Waals surface area contributed by atoms with Crippen molar-refractivity contribution in [1.29, 1.82) is 0 Å². The first-order valence-electron chi connectivity index (χ1n) is 7.04. The minimum Gasteiger partial charge on any atom is -0.378 e. The molecule has 2 aromatic rings. The van der Waals surface area contributed by atoms with E-state index in [2.05, 4.69) is 26.9 Å². The van der Waals surface area contributed by atoms with Gasteiger partial charge in [0.05, 0.1) is 12.0 Å². The average Bonchev–Trinajstić information content (AvgIpc) is 3.15. The van der Waals surface area contributed by atoms with Gasteiger partial charge in [0.25, 0.3) is 0 Å². The highest BCUT2D eigenvalue weighted by Gasteiger charge is 2.18. The third-order valence-corrected chi connectivity index (χ3v) is 3.88. The number of hydrogen-bond donors (Lipinski definition) is 0. The van der Waals surface area contributed by atoms with Crippen LogP contribution in [0.2, 0.25) is 0 Å². The summed E-state index contributed by atoms with van der Waals surface area (Å²) in [6.07, 6.45) is 4.55. The van der Waals surface area contributed by atoms with Crippen molar-refractivity contribution in [1.82, 2.24) is 14.8 Å².